The Balaban J connectivity index is 2.03. The zero-order valence-corrected chi connectivity index (χ0v) is 9.02. The molecule has 2 rings (SSSR count). The molecule has 0 radical (unpaired) electrons. The number of morpholine rings is 1. The number of hydrogen-bond acceptors (Lipinski definition) is 3. The number of hydrogen-bond donors (Lipinski definition) is 1. The number of aliphatic hydroxyl groups excluding tert-OH is 1. The fourth-order valence-corrected chi connectivity index (χ4v) is 2.64. The Kier molecular flexibility index (Phi) is 3.59. The molecule has 1 aliphatic carbocycles. The minimum atomic E-state index is -0.116. The first kappa shape index (κ1) is 10.9. The Morgan fingerprint density at radius 1 is 1.33 bits per heavy atom. The van der Waals surface area contributed by atoms with Crippen LogP contribution >= 0.6 is 0 Å². The van der Waals surface area contributed by atoms with Crippen LogP contribution in [-0.2, 0) is 9.53 Å². The van der Waals surface area contributed by atoms with E-state index < -0.39 is 0 Å². The van der Waals surface area contributed by atoms with Crippen molar-refractivity contribution in [2.24, 2.45) is 0 Å². The first-order valence-corrected chi connectivity index (χ1v) is 5.82. The molecular formula is C11H19NO3. The van der Waals surface area contributed by atoms with Gasteiger partial charge in [-0.15, -0.1) is 0 Å². The van der Waals surface area contributed by atoms with Crippen LogP contribution in [0.15, 0.2) is 0 Å². The summed E-state index contributed by atoms with van der Waals surface area (Å²) < 4.78 is 5.16. The van der Waals surface area contributed by atoms with Crippen molar-refractivity contribution in [3.05, 3.63) is 0 Å². The van der Waals surface area contributed by atoms with Crippen LogP contribution in [0.3, 0.4) is 0 Å². The number of ether oxygens (including phenoxy) is 1. The van der Waals surface area contributed by atoms with E-state index in [0.29, 0.717) is 12.6 Å². The predicted molar refractivity (Wildman–Crippen MR) is 55.4 cm³/mol. The monoisotopic (exact) mass is 213 g/mol. The first-order chi connectivity index (χ1) is 7.33. The second kappa shape index (κ2) is 4.94. The third kappa shape index (κ3) is 2.32. The van der Waals surface area contributed by atoms with E-state index in [4.69, 9.17) is 4.74 Å². The topological polar surface area (TPSA) is 49.8 Å². The van der Waals surface area contributed by atoms with Crippen molar-refractivity contribution in [3.8, 4) is 0 Å². The third-order valence-corrected chi connectivity index (χ3v) is 3.40. The lowest BCUT2D eigenvalue weighted by atomic mass is 9.93. The summed E-state index contributed by atoms with van der Waals surface area (Å²) in [6, 6.07) is 0.224. The third-order valence-electron chi connectivity index (χ3n) is 3.40. The van der Waals surface area contributed by atoms with Crippen LogP contribution in [0.25, 0.3) is 0 Å². The Labute approximate surface area is 90.2 Å². The lowest BCUT2D eigenvalue weighted by Crippen LogP contribution is -2.56. The van der Waals surface area contributed by atoms with Crippen molar-refractivity contribution in [1.82, 2.24) is 4.90 Å². The Morgan fingerprint density at radius 3 is 2.73 bits per heavy atom. The SMILES string of the molecule is O=C1COCC(CO)N1C1CCCCC1. The molecule has 4 nitrogen and oxygen atoms in total. The molecule has 1 aliphatic heterocycles. The smallest absolute Gasteiger partial charge is 0.249 e. The molecule has 1 saturated heterocycles. The molecular weight excluding hydrogens is 194 g/mol. The average molecular weight is 213 g/mol. The zero-order valence-electron chi connectivity index (χ0n) is 9.02. The van der Waals surface area contributed by atoms with E-state index in [-0.39, 0.29) is 25.2 Å². The number of carbonyl (C=O) groups excluding carboxylic acids is 1. The summed E-state index contributed by atoms with van der Waals surface area (Å²) in [5.74, 6) is 0.0483. The fraction of sp³-hybridized carbons (Fsp3) is 0.909. The van der Waals surface area contributed by atoms with Gasteiger partial charge in [-0.3, -0.25) is 4.79 Å². The maximum absolute atomic E-state index is 11.8. The summed E-state index contributed by atoms with van der Waals surface area (Å²) in [6.07, 6.45) is 5.85. The molecule has 4 heteroatoms. The number of nitrogens with zero attached hydrogens (tertiary/aromatic N) is 1. The summed E-state index contributed by atoms with van der Waals surface area (Å²) in [5.41, 5.74) is 0. The Bertz CT molecular complexity index is 226. The van der Waals surface area contributed by atoms with E-state index in [1.54, 1.807) is 0 Å². The minimum Gasteiger partial charge on any atom is -0.394 e. The predicted octanol–water partition coefficient (Wildman–Crippen LogP) is 0.539. The van der Waals surface area contributed by atoms with Crippen LogP contribution < -0.4 is 0 Å². The summed E-state index contributed by atoms with van der Waals surface area (Å²) >= 11 is 0. The number of carbonyl (C=O) groups is 1. The van der Waals surface area contributed by atoms with E-state index in [9.17, 15) is 9.90 Å². The highest BCUT2D eigenvalue weighted by molar-refractivity contribution is 5.78. The molecule has 15 heavy (non-hydrogen) atoms. The minimum absolute atomic E-state index is 0.0161. The average Bonchev–Trinajstić information content (AvgIpc) is 2.29. The molecule has 0 aromatic heterocycles. The van der Waals surface area contributed by atoms with Crippen molar-refractivity contribution in [2.75, 3.05) is 19.8 Å². The molecule has 0 spiro atoms. The molecule has 1 amide bonds. The molecule has 2 fully saturated rings. The molecule has 0 aromatic rings. The normalized spacial score (nSPS) is 29.5. The highest BCUT2D eigenvalue weighted by atomic mass is 16.5. The standard InChI is InChI=1S/C11H19NO3/c13-6-10-7-15-8-11(14)12(10)9-4-2-1-3-5-9/h9-10,13H,1-8H2. The molecule has 0 bridgehead atoms. The van der Waals surface area contributed by atoms with Crippen LogP contribution in [0.1, 0.15) is 32.1 Å². The van der Waals surface area contributed by atoms with Gasteiger partial charge >= 0.3 is 0 Å². The summed E-state index contributed by atoms with van der Waals surface area (Å²) in [4.78, 5) is 13.6. The quantitative estimate of drug-likeness (QED) is 0.728. The molecule has 1 saturated carbocycles. The van der Waals surface area contributed by atoms with Crippen LogP contribution in [-0.4, -0.2) is 47.8 Å². The van der Waals surface area contributed by atoms with Gasteiger partial charge in [-0.2, -0.15) is 0 Å². The van der Waals surface area contributed by atoms with Gasteiger partial charge < -0.3 is 14.7 Å². The van der Waals surface area contributed by atoms with Crippen molar-refractivity contribution < 1.29 is 14.6 Å². The van der Waals surface area contributed by atoms with Gasteiger partial charge in [0.1, 0.15) is 6.61 Å². The van der Waals surface area contributed by atoms with E-state index >= 15 is 0 Å². The number of aliphatic hydroxyl groups is 1. The lowest BCUT2D eigenvalue weighted by molar-refractivity contribution is -0.155. The highest BCUT2D eigenvalue weighted by Gasteiger charge is 2.34. The number of rotatable bonds is 2. The van der Waals surface area contributed by atoms with E-state index in [2.05, 4.69) is 0 Å². The highest BCUT2D eigenvalue weighted by Crippen LogP contribution is 2.25. The van der Waals surface area contributed by atoms with Crippen LogP contribution in [0, 0.1) is 0 Å². The largest absolute Gasteiger partial charge is 0.394 e. The number of amides is 1. The van der Waals surface area contributed by atoms with E-state index in [1.165, 1.54) is 19.3 Å². The first-order valence-electron chi connectivity index (χ1n) is 5.82. The second-order valence-corrected chi connectivity index (χ2v) is 4.44. The van der Waals surface area contributed by atoms with Gasteiger partial charge in [0.2, 0.25) is 5.91 Å². The van der Waals surface area contributed by atoms with Gasteiger partial charge in [-0.05, 0) is 12.8 Å². The second-order valence-electron chi connectivity index (χ2n) is 4.44. The van der Waals surface area contributed by atoms with Gasteiger partial charge in [0, 0.05) is 6.04 Å². The van der Waals surface area contributed by atoms with Crippen LogP contribution in [0.2, 0.25) is 0 Å². The fourth-order valence-electron chi connectivity index (χ4n) is 2.64. The Morgan fingerprint density at radius 2 is 2.07 bits per heavy atom. The van der Waals surface area contributed by atoms with Crippen molar-refractivity contribution >= 4 is 5.91 Å². The van der Waals surface area contributed by atoms with Gasteiger partial charge in [0.25, 0.3) is 0 Å². The maximum Gasteiger partial charge on any atom is 0.249 e. The molecule has 1 heterocycles. The zero-order chi connectivity index (χ0) is 10.7. The Hall–Kier alpha value is -0.610. The molecule has 2 aliphatic rings. The van der Waals surface area contributed by atoms with Gasteiger partial charge in [0.05, 0.1) is 19.3 Å². The molecule has 86 valence electrons. The molecule has 1 N–H and O–H groups in total. The van der Waals surface area contributed by atoms with Gasteiger partial charge in [-0.25, -0.2) is 0 Å². The molecule has 0 aromatic carbocycles. The summed E-state index contributed by atoms with van der Waals surface area (Å²) in [5, 5.41) is 9.24. The molecule has 1 atom stereocenters. The van der Waals surface area contributed by atoms with Gasteiger partial charge in [0.15, 0.2) is 0 Å². The van der Waals surface area contributed by atoms with E-state index in [0.717, 1.165) is 12.8 Å². The lowest BCUT2D eigenvalue weighted by Gasteiger charge is -2.41. The van der Waals surface area contributed by atoms with Crippen molar-refractivity contribution in [1.29, 1.82) is 0 Å². The van der Waals surface area contributed by atoms with E-state index in [1.807, 2.05) is 4.90 Å². The van der Waals surface area contributed by atoms with Crippen LogP contribution in [0.4, 0.5) is 0 Å². The summed E-state index contributed by atoms with van der Waals surface area (Å²) in [7, 11) is 0. The summed E-state index contributed by atoms with van der Waals surface area (Å²) in [6.45, 7) is 0.688. The van der Waals surface area contributed by atoms with Crippen molar-refractivity contribution in [2.45, 2.75) is 44.2 Å². The maximum atomic E-state index is 11.8. The molecule has 1 unspecified atom stereocenters. The van der Waals surface area contributed by atoms with Crippen LogP contribution in [0.5, 0.6) is 0 Å². The van der Waals surface area contributed by atoms with Gasteiger partial charge in [-0.1, -0.05) is 19.3 Å². The van der Waals surface area contributed by atoms with Crippen molar-refractivity contribution in [3.63, 3.8) is 0 Å².